The Balaban J connectivity index is 3.41. The number of rotatable bonds is 14. The van der Waals surface area contributed by atoms with Gasteiger partial charge >= 0.3 is 5.97 Å². The highest BCUT2D eigenvalue weighted by Gasteiger charge is 2.16. The van der Waals surface area contributed by atoms with Crippen LogP contribution in [0.2, 0.25) is 0 Å². The van der Waals surface area contributed by atoms with Crippen LogP contribution in [-0.4, -0.2) is 30.2 Å². The highest BCUT2D eigenvalue weighted by Crippen LogP contribution is 2.14. The molecule has 0 spiro atoms. The van der Waals surface area contributed by atoms with Crippen LogP contribution in [0, 0.1) is 5.92 Å². The Hall–Kier alpha value is 0.160. The fourth-order valence-electron chi connectivity index (χ4n) is 2.01. The van der Waals surface area contributed by atoms with Crippen LogP contribution in [0.25, 0.3) is 0 Å². The van der Waals surface area contributed by atoms with Crippen molar-refractivity contribution in [1.82, 2.24) is 0 Å². The molecule has 0 rings (SSSR count). The molecule has 0 bridgehead atoms. The molecule has 0 aromatic carbocycles. The Bertz CT molecular complexity index is 222. The van der Waals surface area contributed by atoms with Gasteiger partial charge in [0.15, 0.2) is 0 Å². The maximum atomic E-state index is 11.8. The van der Waals surface area contributed by atoms with E-state index in [2.05, 4.69) is 29.5 Å². The molecule has 0 aromatic heterocycles. The molecule has 0 fully saturated rings. The number of hydrogen-bond donors (Lipinski definition) is 0. The predicted molar refractivity (Wildman–Crippen MR) is 92.4 cm³/mol. The van der Waals surface area contributed by atoms with Gasteiger partial charge in [-0.1, -0.05) is 62.1 Å². The van der Waals surface area contributed by atoms with Crippen LogP contribution in [-0.2, 0) is 14.3 Å². The standard InChI is InChI=1S/C16H31IO3/c1-3-5-10-15(4-2)16(18)20-14-13-19-12-9-7-6-8-11-17/h15H,3-14H2,1-2H3. The maximum Gasteiger partial charge on any atom is 0.308 e. The molecule has 0 aromatic rings. The molecule has 0 aliphatic carbocycles. The van der Waals surface area contributed by atoms with Crippen LogP contribution in [0.4, 0.5) is 0 Å². The van der Waals surface area contributed by atoms with E-state index in [1.807, 2.05) is 6.92 Å². The van der Waals surface area contributed by atoms with Gasteiger partial charge in [-0.25, -0.2) is 0 Å². The molecule has 0 radical (unpaired) electrons. The average Bonchev–Trinajstić information content (AvgIpc) is 2.46. The van der Waals surface area contributed by atoms with Gasteiger partial charge in [-0.3, -0.25) is 4.79 Å². The Morgan fingerprint density at radius 2 is 1.75 bits per heavy atom. The Morgan fingerprint density at radius 3 is 2.40 bits per heavy atom. The molecule has 0 N–H and O–H groups in total. The van der Waals surface area contributed by atoms with Crippen molar-refractivity contribution in [2.75, 3.05) is 24.2 Å². The predicted octanol–water partition coefficient (Wildman–Crippen LogP) is 4.76. The minimum Gasteiger partial charge on any atom is -0.463 e. The van der Waals surface area contributed by atoms with Crippen LogP contribution in [0.1, 0.15) is 65.2 Å². The van der Waals surface area contributed by atoms with Crippen LogP contribution in [0.15, 0.2) is 0 Å². The van der Waals surface area contributed by atoms with Gasteiger partial charge in [-0.05, 0) is 30.1 Å². The number of halogens is 1. The zero-order valence-electron chi connectivity index (χ0n) is 13.2. The summed E-state index contributed by atoms with van der Waals surface area (Å²) in [7, 11) is 0. The summed E-state index contributed by atoms with van der Waals surface area (Å²) < 4.78 is 12.0. The lowest BCUT2D eigenvalue weighted by Gasteiger charge is -2.13. The lowest BCUT2D eigenvalue weighted by molar-refractivity contribution is -0.150. The average molecular weight is 398 g/mol. The summed E-state index contributed by atoms with van der Waals surface area (Å²) in [5.41, 5.74) is 0. The summed E-state index contributed by atoms with van der Waals surface area (Å²) in [6, 6.07) is 0. The van der Waals surface area contributed by atoms with E-state index in [4.69, 9.17) is 9.47 Å². The fourth-order valence-corrected chi connectivity index (χ4v) is 2.55. The molecular formula is C16H31IO3. The summed E-state index contributed by atoms with van der Waals surface area (Å²) in [6.45, 7) is 5.91. The lowest BCUT2D eigenvalue weighted by Crippen LogP contribution is -2.19. The molecule has 4 heteroatoms. The summed E-state index contributed by atoms with van der Waals surface area (Å²) in [5.74, 6) is 0.0230. The molecule has 20 heavy (non-hydrogen) atoms. The third kappa shape index (κ3) is 11.9. The molecule has 0 amide bonds. The molecule has 1 unspecified atom stereocenters. The molecule has 3 nitrogen and oxygen atoms in total. The molecule has 120 valence electrons. The van der Waals surface area contributed by atoms with Gasteiger partial charge in [0.25, 0.3) is 0 Å². The van der Waals surface area contributed by atoms with Gasteiger partial charge in [-0.2, -0.15) is 0 Å². The van der Waals surface area contributed by atoms with Crippen LogP contribution in [0.5, 0.6) is 0 Å². The van der Waals surface area contributed by atoms with E-state index in [0.717, 1.165) is 38.7 Å². The van der Waals surface area contributed by atoms with Crippen LogP contribution >= 0.6 is 22.6 Å². The molecule has 0 saturated carbocycles. The van der Waals surface area contributed by atoms with Gasteiger partial charge in [0.1, 0.15) is 6.61 Å². The Morgan fingerprint density at radius 1 is 1.00 bits per heavy atom. The van der Waals surface area contributed by atoms with E-state index in [-0.39, 0.29) is 11.9 Å². The third-order valence-corrected chi connectivity index (χ3v) is 4.14. The van der Waals surface area contributed by atoms with Gasteiger partial charge in [-0.15, -0.1) is 0 Å². The molecule has 0 aliphatic rings. The van der Waals surface area contributed by atoms with Crippen molar-refractivity contribution < 1.29 is 14.3 Å². The number of esters is 1. The Kier molecular flexibility index (Phi) is 15.7. The minimum atomic E-state index is -0.0494. The maximum absolute atomic E-state index is 11.8. The van der Waals surface area contributed by atoms with Crippen LogP contribution in [0.3, 0.4) is 0 Å². The van der Waals surface area contributed by atoms with E-state index in [9.17, 15) is 4.79 Å². The fraction of sp³-hybridized carbons (Fsp3) is 0.938. The zero-order chi connectivity index (χ0) is 15.1. The first kappa shape index (κ1) is 20.2. The summed E-state index contributed by atoms with van der Waals surface area (Å²) in [5, 5.41) is 0. The number of carbonyl (C=O) groups is 1. The Labute approximate surface area is 138 Å². The van der Waals surface area contributed by atoms with Gasteiger partial charge in [0.05, 0.1) is 12.5 Å². The number of hydrogen-bond acceptors (Lipinski definition) is 3. The largest absolute Gasteiger partial charge is 0.463 e. The quantitative estimate of drug-likeness (QED) is 0.183. The van der Waals surface area contributed by atoms with E-state index < -0.39 is 0 Å². The van der Waals surface area contributed by atoms with Gasteiger partial charge in [0, 0.05) is 6.61 Å². The number of carbonyl (C=O) groups excluding carboxylic acids is 1. The number of ether oxygens (including phenoxy) is 2. The number of unbranched alkanes of at least 4 members (excludes halogenated alkanes) is 4. The smallest absolute Gasteiger partial charge is 0.308 e. The highest BCUT2D eigenvalue weighted by molar-refractivity contribution is 14.1. The topological polar surface area (TPSA) is 35.5 Å². The first-order valence-corrected chi connectivity index (χ1v) is 9.59. The third-order valence-electron chi connectivity index (χ3n) is 3.38. The van der Waals surface area contributed by atoms with Crippen molar-refractivity contribution in [3.63, 3.8) is 0 Å². The van der Waals surface area contributed by atoms with Crippen molar-refractivity contribution in [2.45, 2.75) is 65.2 Å². The van der Waals surface area contributed by atoms with Crippen molar-refractivity contribution in [3.8, 4) is 0 Å². The van der Waals surface area contributed by atoms with E-state index >= 15 is 0 Å². The number of alkyl halides is 1. The first-order chi connectivity index (χ1) is 9.76. The van der Waals surface area contributed by atoms with Crippen molar-refractivity contribution in [1.29, 1.82) is 0 Å². The monoisotopic (exact) mass is 398 g/mol. The molecule has 0 saturated heterocycles. The van der Waals surface area contributed by atoms with Crippen LogP contribution < -0.4 is 0 Å². The van der Waals surface area contributed by atoms with E-state index in [1.165, 1.54) is 23.7 Å². The summed E-state index contributed by atoms with van der Waals surface area (Å²) in [4.78, 5) is 11.8. The molecule has 1 atom stereocenters. The normalized spacial score (nSPS) is 12.3. The summed E-state index contributed by atoms with van der Waals surface area (Å²) >= 11 is 2.41. The zero-order valence-corrected chi connectivity index (χ0v) is 15.3. The van der Waals surface area contributed by atoms with Crippen molar-refractivity contribution >= 4 is 28.6 Å². The first-order valence-electron chi connectivity index (χ1n) is 8.06. The highest BCUT2D eigenvalue weighted by atomic mass is 127. The minimum absolute atomic E-state index is 0.0494. The van der Waals surface area contributed by atoms with Crippen molar-refractivity contribution in [2.24, 2.45) is 5.92 Å². The van der Waals surface area contributed by atoms with Gasteiger partial charge < -0.3 is 9.47 Å². The lowest BCUT2D eigenvalue weighted by atomic mass is 10.00. The second kappa shape index (κ2) is 15.5. The molecular weight excluding hydrogens is 367 g/mol. The SMILES string of the molecule is CCCCC(CC)C(=O)OCCOCCCCCCI. The van der Waals surface area contributed by atoms with Gasteiger partial charge in [0.2, 0.25) is 0 Å². The second-order valence-corrected chi connectivity index (χ2v) is 6.21. The summed E-state index contributed by atoms with van der Waals surface area (Å²) in [6.07, 6.45) is 8.98. The van der Waals surface area contributed by atoms with E-state index in [1.54, 1.807) is 0 Å². The second-order valence-electron chi connectivity index (χ2n) is 5.13. The molecule has 0 heterocycles. The van der Waals surface area contributed by atoms with Crippen molar-refractivity contribution in [3.05, 3.63) is 0 Å². The molecule has 0 aliphatic heterocycles. The van der Waals surface area contributed by atoms with E-state index in [0.29, 0.717) is 13.2 Å².